The summed E-state index contributed by atoms with van der Waals surface area (Å²) in [5, 5.41) is 9.48. The van der Waals surface area contributed by atoms with Crippen LogP contribution in [0.1, 0.15) is 36.5 Å². The van der Waals surface area contributed by atoms with Gasteiger partial charge in [-0.2, -0.15) is 18.4 Å². The minimum Gasteiger partial charge on any atom is -0.477 e. The fourth-order valence-electron chi connectivity index (χ4n) is 4.69. The predicted octanol–water partition coefficient (Wildman–Crippen LogP) is 5.14. The van der Waals surface area contributed by atoms with Crippen LogP contribution in [-0.2, 0) is 21.1 Å². The predicted molar refractivity (Wildman–Crippen MR) is 130 cm³/mol. The highest BCUT2D eigenvalue weighted by Crippen LogP contribution is 2.40. The number of nitrogens with zero attached hydrogens (tertiary/aromatic N) is 4. The van der Waals surface area contributed by atoms with Gasteiger partial charge in [0.25, 0.3) is 0 Å². The summed E-state index contributed by atoms with van der Waals surface area (Å²) < 4.78 is 50.1. The number of piperidine rings is 1. The number of aromatic nitrogens is 2. The Morgan fingerprint density at radius 3 is 2.51 bits per heavy atom. The van der Waals surface area contributed by atoms with Crippen LogP contribution in [0.4, 0.5) is 18.9 Å². The summed E-state index contributed by atoms with van der Waals surface area (Å²) in [6.45, 7) is 3.00. The van der Waals surface area contributed by atoms with Crippen molar-refractivity contribution in [3.63, 3.8) is 0 Å². The summed E-state index contributed by atoms with van der Waals surface area (Å²) in [6.07, 6.45) is -0.585. The summed E-state index contributed by atoms with van der Waals surface area (Å²) >= 11 is 0. The second-order valence-electron chi connectivity index (χ2n) is 8.62. The van der Waals surface area contributed by atoms with Gasteiger partial charge in [0.05, 0.1) is 47.2 Å². The van der Waals surface area contributed by atoms with Crippen molar-refractivity contribution in [2.45, 2.75) is 31.4 Å². The zero-order valence-corrected chi connectivity index (χ0v) is 20.4. The van der Waals surface area contributed by atoms with E-state index in [4.69, 9.17) is 9.47 Å². The minimum atomic E-state index is -4.54. The maximum Gasteiger partial charge on any atom is 0.416 e. The van der Waals surface area contributed by atoms with Crippen LogP contribution in [0, 0.1) is 11.3 Å². The molecule has 1 aliphatic heterocycles. The molecule has 1 saturated heterocycles. The van der Waals surface area contributed by atoms with Crippen LogP contribution in [0.2, 0.25) is 0 Å². The Balaban J connectivity index is 1.61. The molecule has 1 fully saturated rings. The number of methoxy groups -OCH3 is 1. The number of hydrogen-bond donors (Lipinski definition) is 0. The van der Waals surface area contributed by atoms with E-state index in [9.17, 15) is 23.2 Å². The molecule has 1 aromatic carbocycles. The van der Waals surface area contributed by atoms with Crippen LogP contribution in [0.5, 0.6) is 5.88 Å². The van der Waals surface area contributed by atoms with Crippen molar-refractivity contribution in [1.82, 2.24) is 9.97 Å². The van der Waals surface area contributed by atoms with E-state index < -0.39 is 23.1 Å². The molecule has 192 valence electrons. The minimum absolute atomic E-state index is 0.0621. The van der Waals surface area contributed by atoms with Crippen LogP contribution in [0.25, 0.3) is 11.3 Å². The molecule has 0 radical (unpaired) electrons. The van der Waals surface area contributed by atoms with Gasteiger partial charge in [0.2, 0.25) is 5.88 Å². The third-order valence-electron chi connectivity index (χ3n) is 6.62. The molecular formula is C27H25F3N4O3. The van der Waals surface area contributed by atoms with Gasteiger partial charge >= 0.3 is 12.1 Å². The summed E-state index contributed by atoms with van der Waals surface area (Å²) in [7, 11) is 1.33. The Hall–Kier alpha value is -4.13. The number of carbonyl (C=O) groups excluding carboxylic acids is 1. The molecule has 0 atom stereocenters. The topological polar surface area (TPSA) is 88.3 Å². The molecule has 2 aromatic heterocycles. The number of alkyl halides is 3. The Labute approximate surface area is 212 Å². The quantitative estimate of drug-likeness (QED) is 0.424. The molecule has 0 N–H and O–H groups in total. The first-order valence-electron chi connectivity index (χ1n) is 11.7. The molecule has 0 aliphatic carbocycles. The van der Waals surface area contributed by atoms with Crippen LogP contribution >= 0.6 is 0 Å². The van der Waals surface area contributed by atoms with Crippen LogP contribution < -0.4 is 9.64 Å². The molecule has 0 saturated carbocycles. The van der Waals surface area contributed by atoms with Gasteiger partial charge in [-0.3, -0.25) is 9.78 Å². The van der Waals surface area contributed by atoms with Crippen molar-refractivity contribution in [2.24, 2.45) is 0 Å². The van der Waals surface area contributed by atoms with E-state index in [0.717, 1.165) is 17.7 Å². The second-order valence-corrected chi connectivity index (χ2v) is 8.62. The lowest BCUT2D eigenvalue weighted by atomic mass is 9.73. The molecule has 3 heterocycles. The number of benzene rings is 1. The zero-order valence-electron chi connectivity index (χ0n) is 20.4. The van der Waals surface area contributed by atoms with Crippen molar-refractivity contribution in [1.29, 1.82) is 5.26 Å². The lowest BCUT2D eigenvalue weighted by molar-refractivity contribution is -0.148. The summed E-state index contributed by atoms with van der Waals surface area (Å²) in [6, 6.07) is 12.3. The van der Waals surface area contributed by atoms with Crippen molar-refractivity contribution in [3.05, 3.63) is 71.5 Å². The first kappa shape index (κ1) is 25.9. The monoisotopic (exact) mass is 510 g/mol. The van der Waals surface area contributed by atoms with Crippen LogP contribution in [0.15, 0.2) is 54.9 Å². The average Bonchev–Trinajstić information content (AvgIpc) is 2.92. The lowest BCUT2D eigenvalue weighted by Crippen LogP contribution is -2.48. The average molecular weight is 511 g/mol. The molecule has 1 aliphatic rings. The highest BCUT2D eigenvalue weighted by atomic mass is 19.4. The van der Waals surface area contributed by atoms with E-state index >= 15 is 0 Å². The van der Waals surface area contributed by atoms with E-state index in [0.29, 0.717) is 55.4 Å². The van der Waals surface area contributed by atoms with Crippen molar-refractivity contribution >= 4 is 11.7 Å². The zero-order chi connectivity index (χ0) is 26.6. The number of nitriles is 1. The number of ether oxygens (including phenoxy) is 2. The van der Waals surface area contributed by atoms with Gasteiger partial charge in [-0.25, -0.2) is 4.98 Å². The fourth-order valence-corrected chi connectivity index (χ4v) is 4.69. The number of esters is 1. The van der Waals surface area contributed by atoms with Gasteiger partial charge in [-0.05, 0) is 61.7 Å². The second kappa shape index (κ2) is 10.5. The molecule has 0 amide bonds. The first-order valence-corrected chi connectivity index (χ1v) is 11.7. The molecule has 10 heteroatoms. The Morgan fingerprint density at radius 1 is 1.16 bits per heavy atom. The molecule has 3 aromatic rings. The van der Waals surface area contributed by atoms with Gasteiger partial charge < -0.3 is 14.4 Å². The fraction of sp³-hybridized carbons (Fsp3) is 0.333. The smallest absolute Gasteiger partial charge is 0.416 e. The summed E-state index contributed by atoms with van der Waals surface area (Å²) in [4.78, 5) is 23.7. The number of rotatable bonds is 6. The highest BCUT2D eigenvalue weighted by molar-refractivity contribution is 5.84. The highest BCUT2D eigenvalue weighted by Gasteiger charge is 2.45. The molecule has 4 rings (SSSR count). The lowest BCUT2D eigenvalue weighted by Gasteiger charge is -2.41. The van der Waals surface area contributed by atoms with E-state index in [1.54, 1.807) is 24.5 Å². The van der Waals surface area contributed by atoms with Gasteiger partial charge in [0, 0.05) is 25.5 Å². The maximum absolute atomic E-state index is 13.1. The number of anilines is 1. The van der Waals surface area contributed by atoms with E-state index in [1.807, 2.05) is 30.0 Å². The molecule has 37 heavy (non-hydrogen) atoms. The third kappa shape index (κ3) is 5.07. The van der Waals surface area contributed by atoms with E-state index in [2.05, 4.69) is 9.97 Å². The first-order chi connectivity index (χ1) is 17.7. The molecule has 7 nitrogen and oxygen atoms in total. The van der Waals surface area contributed by atoms with Gasteiger partial charge in [0.15, 0.2) is 0 Å². The van der Waals surface area contributed by atoms with Crippen LogP contribution in [-0.4, -0.2) is 42.7 Å². The molecule has 0 bridgehead atoms. The third-order valence-corrected chi connectivity index (χ3v) is 6.62. The van der Waals surface area contributed by atoms with Crippen molar-refractivity contribution in [3.8, 4) is 23.2 Å². The van der Waals surface area contributed by atoms with E-state index in [1.165, 1.54) is 13.2 Å². The maximum atomic E-state index is 13.1. The summed E-state index contributed by atoms with van der Waals surface area (Å²) in [5.41, 5.74) is 0.534. The molecule has 0 spiro atoms. The van der Waals surface area contributed by atoms with Crippen molar-refractivity contribution < 1.29 is 27.4 Å². The van der Waals surface area contributed by atoms with Gasteiger partial charge in [0.1, 0.15) is 6.07 Å². The Bertz CT molecular complexity index is 1310. The summed E-state index contributed by atoms with van der Waals surface area (Å²) in [5.74, 6) is 0.0529. The van der Waals surface area contributed by atoms with E-state index in [-0.39, 0.29) is 5.56 Å². The number of carbonyl (C=O) groups is 1. The SMILES string of the molecule is CCOc1ncccc1-c1ccc(C2(C(=O)OC)CCN(c3ccc(C(F)(F)F)cc3C#N)CC2)cn1. The van der Waals surface area contributed by atoms with Crippen LogP contribution in [0.3, 0.4) is 0 Å². The molecular weight excluding hydrogens is 485 g/mol. The van der Waals surface area contributed by atoms with Gasteiger partial charge in [-0.15, -0.1) is 0 Å². The number of hydrogen-bond acceptors (Lipinski definition) is 7. The largest absolute Gasteiger partial charge is 0.477 e. The Morgan fingerprint density at radius 2 is 1.92 bits per heavy atom. The number of pyridine rings is 2. The standard InChI is InChI=1S/C27H25F3N4O3/c1-3-37-24-21(5-4-12-32-24)22-8-6-20(17-33-22)26(25(35)36-2)10-13-34(14-11-26)23-9-7-19(27(28,29)30)15-18(23)16-31/h4-9,12,15,17H,3,10-11,13-14H2,1-2H3. The molecule has 0 unspecified atom stereocenters. The number of halogens is 3. The van der Waals surface area contributed by atoms with Gasteiger partial charge in [-0.1, -0.05) is 6.07 Å². The normalized spacial score (nSPS) is 15.1. The Kier molecular flexibility index (Phi) is 7.34. The van der Waals surface area contributed by atoms with Crippen molar-refractivity contribution in [2.75, 3.05) is 31.7 Å².